The van der Waals surface area contributed by atoms with Gasteiger partial charge in [-0.25, -0.2) is 4.39 Å². The number of alkyl halides is 3. The summed E-state index contributed by atoms with van der Waals surface area (Å²) in [4.78, 5) is 2.13. The van der Waals surface area contributed by atoms with Crippen LogP contribution < -0.4 is 10.1 Å². The van der Waals surface area contributed by atoms with Crippen LogP contribution in [-0.2, 0) is 0 Å². The van der Waals surface area contributed by atoms with Crippen LogP contribution in [0, 0.1) is 11.7 Å². The van der Waals surface area contributed by atoms with Gasteiger partial charge in [-0.15, -0.1) is 38.0 Å². The monoisotopic (exact) mass is 420 g/mol. The highest BCUT2D eigenvalue weighted by Gasteiger charge is 2.32. The summed E-state index contributed by atoms with van der Waals surface area (Å²) < 4.78 is 55.7. The molecule has 0 aliphatic carbocycles. The normalized spacial score (nSPS) is 16.6. The third-order valence-electron chi connectivity index (χ3n) is 4.17. The highest BCUT2D eigenvalue weighted by Crippen LogP contribution is 2.33. The molecule has 9 heteroatoms. The van der Waals surface area contributed by atoms with Gasteiger partial charge in [-0.1, -0.05) is 13.8 Å². The summed E-state index contributed by atoms with van der Waals surface area (Å²) in [5, 5.41) is 3.23. The van der Waals surface area contributed by atoms with E-state index in [1.54, 1.807) is 0 Å². The number of hydrogen-bond acceptors (Lipinski definition) is 3. The van der Waals surface area contributed by atoms with Crippen LogP contribution in [0.1, 0.15) is 38.3 Å². The average Bonchev–Trinajstić information content (AvgIpc) is 2.50. The summed E-state index contributed by atoms with van der Waals surface area (Å²) in [6.45, 7) is 7.22. The second kappa shape index (κ2) is 11.2. The van der Waals surface area contributed by atoms with Crippen LogP contribution in [0.5, 0.6) is 5.75 Å². The van der Waals surface area contributed by atoms with E-state index in [4.69, 9.17) is 0 Å². The Morgan fingerprint density at radius 3 is 2.27 bits per heavy atom. The maximum atomic E-state index is 14.4. The molecule has 0 radical (unpaired) electrons. The Kier molecular flexibility index (Phi) is 10.8. The molecular formula is C17H26Cl2F4N2O. The summed E-state index contributed by atoms with van der Waals surface area (Å²) in [7, 11) is 0. The van der Waals surface area contributed by atoms with E-state index in [0.717, 1.165) is 44.7 Å². The Bertz CT molecular complexity index is 538. The van der Waals surface area contributed by atoms with E-state index in [9.17, 15) is 17.6 Å². The van der Waals surface area contributed by atoms with Crippen LogP contribution in [0.25, 0.3) is 0 Å². The van der Waals surface area contributed by atoms with Crippen molar-refractivity contribution in [3.8, 4) is 5.75 Å². The highest BCUT2D eigenvalue weighted by molar-refractivity contribution is 5.85. The summed E-state index contributed by atoms with van der Waals surface area (Å²) in [6.07, 6.45) is -3.21. The number of nitrogens with zero attached hydrogens (tertiary/aromatic N) is 1. The van der Waals surface area contributed by atoms with Crippen molar-refractivity contribution < 1.29 is 22.3 Å². The fourth-order valence-corrected chi connectivity index (χ4v) is 2.99. The first-order valence-corrected chi connectivity index (χ1v) is 8.26. The molecule has 152 valence electrons. The summed E-state index contributed by atoms with van der Waals surface area (Å²) in [6, 6.07) is 3.02. The van der Waals surface area contributed by atoms with Gasteiger partial charge in [0.05, 0.1) is 0 Å². The number of halogens is 6. The molecule has 0 aromatic heterocycles. The van der Waals surface area contributed by atoms with Crippen LogP contribution in [0.4, 0.5) is 17.6 Å². The Morgan fingerprint density at radius 2 is 1.73 bits per heavy atom. The van der Waals surface area contributed by atoms with Gasteiger partial charge in [0.2, 0.25) is 0 Å². The molecule has 1 aliphatic rings. The number of ether oxygens (including phenoxy) is 1. The molecule has 26 heavy (non-hydrogen) atoms. The van der Waals surface area contributed by atoms with Crippen LogP contribution in [0.2, 0.25) is 0 Å². The third kappa shape index (κ3) is 7.86. The lowest BCUT2D eigenvalue weighted by molar-refractivity contribution is -0.274. The molecule has 1 aromatic rings. The van der Waals surface area contributed by atoms with Crippen LogP contribution in [-0.4, -0.2) is 37.4 Å². The minimum atomic E-state index is -4.78. The largest absolute Gasteiger partial charge is 0.573 e. The van der Waals surface area contributed by atoms with Crippen molar-refractivity contribution in [1.29, 1.82) is 0 Å². The van der Waals surface area contributed by atoms with Gasteiger partial charge >= 0.3 is 6.36 Å². The second-order valence-electron chi connectivity index (χ2n) is 6.50. The second-order valence-corrected chi connectivity index (χ2v) is 6.50. The van der Waals surface area contributed by atoms with Crippen molar-refractivity contribution in [2.75, 3.05) is 26.2 Å². The molecule has 1 aromatic carbocycles. The number of piperazine rings is 1. The Morgan fingerprint density at radius 1 is 1.12 bits per heavy atom. The maximum Gasteiger partial charge on any atom is 0.573 e. The van der Waals surface area contributed by atoms with E-state index in [-0.39, 0.29) is 42.2 Å². The highest BCUT2D eigenvalue weighted by atomic mass is 35.5. The van der Waals surface area contributed by atoms with Crippen molar-refractivity contribution in [3.05, 3.63) is 29.6 Å². The van der Waals surface area contributed by atoms with Gasteiger partial charge in [0, 0.05) is 37.8 Å². The van der Waals surface area contributed by atoms with Crippen molar-refractivity contribution in [1.82, 2.24) is 10.2 Å². The fraction of sp³-hybridized carbons (Fsp3) is 0.647. The molecule has 0 unspecified atom stereocenters. The van der Waals surface area contributed by atoms with Crippen LogP contribution in [0.3, 0.4) is 0 Å². The molecule has 0 saturated carbocycles. The van der Waals surface area contributed by atoms with Crippen molar-refractivity contribution >= 4 is 24.8 Å². The molecular weight excluding hydrogens is 395 g/mol. The Balaban J connectivity index is 0.00000312. The molecule has 1 fully saturated rings. The van der Waals surface area contributed by atoms with E-state index >= 15 is 0 Å². The molecule has 1 aliphatic heterocycles. The zero-order valence-corrected chi connectivity index (χ0v) is 16.4. The van der Waals surface area contributed by atoms with Gasteiger partial charge in [-0.2, -0.15) is 0 Å². The Hall–Kier alpha value is -0.760. The third-order valence-corrected chi connectivity index (χ3v) is 4.17. The average molecular weight is 421 g/mol. The summed E-state index contributed by atoms with van der Waals surface area (Å²) in [5.74, 6) is -0.423. The molecule has 0 spiro atoms. The van der Waals surface area contributed by atoms with Crippen LogP contribution >= 0.6 is 24.8 Å². The van der Waals surface area contributed by atoms with E-state index < -0.39 is 12.2 Å². The zero-order chi connectivity index (χ0) is 17.7. The maximum absolute atomic E-state index is 14.4. The Labute approximate surface area is 164 Å². The topological polar surface area (TPSA) is 24.5 Å². The molecule has 1 heterocycles. The predicted octanol–water partition coefficient (Wildman–Crippen LogP) is 4.95. The lowest BCUT2D eigenvalue weighted by Gasteiger charge is -2.36. The van der Waals surface area contributed by atoms with Gasteiger partial charge in [0.15, 0.2) is 0 Å². The van der Waals surface area contributed by atoms with Crippen LogP contribution in [0.15, 0.2) is 18.2 Å². The minimum absolute atomic E-state index is 0. The summed E-state index contributed by atoms with van der Waals surface area (Å²) in [5.41, 5.74) is 0.277. The van der Waals surface area contributed by atoms with Crippen molar-refractivity contribution in [2.45, 2.75) is 39.1 Å². The lowest BCUT2D eigenvalue weighted by atomic mass is 9.95. The van der Waals surface area contributed by atoms with Gasteiger partial charge in [0.1, 0.15) is 11.6 Å². The fourth-order valence-electron chi connectivity index (χ4n) is 2.99. The quantitative estimate of drug-likeness (QED) is 0.658. The first-order chi connectivity index (χ1) is 11.3. The van der Waals surface area contributed by atoms with E-state index in [1.807, 2.05) is 0 Å². The van der Waals surface area contributed by atoms with Gasteiger partial charge in [-0.05, 0) is 37.0 Å². The zero-order valence-electron chi connectivity index (χ0n) is 14.8. The first-order valence-electron chi connectivity index (χ1n) is 8.26. The SMILES string of the molecule is CC(C)CC[C@@H](c1cc(OC(F)(F)F)ccc1F)N1CCNCC1.Cl.Cl. The van der Waals surface area contributed by atoms with E-state index in [0.29, 0.717) is 12.3 Å². The molecule has 1 atom stereocenters. The lowest BCUT2D eigenvalue weighted by Crippen LogP contribution is -2.45. The van der Waals surface area contributed by atoms with E-state index in [1.165, 1.54) is 6.07 Å². The number of nitrogens with one attached hydrogen (secondary N) is 1. The number of hydrogen-bond donors (Lipinski definition) is 1. The molecule has 1 N–H and O–H groups in total. The van der Waals surface area contributed by atoms with Crippen molar-refractivity contribution in [3.63, 3.8) is 0 Å². The number of rotatable bonds is 6. The first kappa shape index (κ1) is 25.2. The minimum Gasteiger partial charge on any atom is -0.406 e. The molecule has 3 nitrogen and oxygen atoms in total. The number of benzene rings is 1. The molecule has 0 amide bonds. The van der Waals surface area contributed by atoms with Gasteiger partial charge in [-0.3, -0.25) is 4.90 Å². The van der Waals surface area contributed by atoms with E-state index in [2.05, 4.69) is 28.8 Å². The van der Waals surface area contributed by atoms with Gasteiger partial charge in [0.25, 0.3) is 0 Å². The molecule has 0 bridgehead atoms. The smallest absolute Gasteiger partial charge is 0.406 e. The van der Waals surface area contributed by atoms with Crippen molar-refractivity contribution in [2.24, 2.45) is 5.92 Å². The molecule has 2 rings (SSSR count). The predicted molar refractivity (Wildman–Crippen MR) is 98.8 cm³/mol. The van der Waals surface area contributed by atoms with Gasteiger partial charge < -0.3 is 10.1 Å². The standard InChI is InChI=1S/C17H24F4N2O.2ClH/c1-12(2)3-6-16(23-9-7-22-8-10-23)14-11-13(4-5-15(14)18)24-17(19,20)21;;/h4-5,11-12,16,22H,3,6-10H2,1-2H3;2*1H/t16-;;/m0../s1. The molecule has 1 saturated heterocycles. The summed E-state index contributed by atoms with van der Waals surface area (Å²) >= 11 is 0.